The van der Waals surface area contributed by atoms with Gasteiger partial charge in [-0.1, -0.05) is 18.2 Å². The predicted molar refractivity (Wildman–Crippen MR) is 80.5 cm³/mol. The number of benzene rings is 1. The Balaban J connectivity index is 1.76. The molecule has 1 aromatic heterocycles. The molecule has 2 heterocycles. The lowest BCUT2D eigenvalue weighted by molar-refractivity contribution is -0.122. The average Bonchev–Trinajstić information content (AvgIpc) is 2.83. The number of likely N-dealkylation sites (tertiary alicyclic amines) is 1. The molecule has 1 fully saturated rings. The molecular formula is C16H19NOS. The van der Waals surface area contributed by atoms with Crippen LogP contribution in [0.1, 0.15) is 25.3 Å². The summed E-state index contributed by atoms with van der Waals surface area (Å²) < 4.78 is 1.36. The number of piperidine rings is 1. The molecule has 2 aromatic rings. The van der Waals surface area contributed by atoms with E-state index in [1.807, 2.05) is 11.3 Å². The summed E-state index contributed by atoms with van der Waals surface area (Å²) in [4.78, 5) is 14.0. The van der Waals surface area contributed by atoms with Crippen molar-refractivity contribution in [1.82, 2.24) is 4.90 Å². The highest BCUT2D eigenvalue weighted by Crippen LogP contribution is 2.28. The number of carbonyl (C=O) groups excluding carboxylic acids is 1. The highest BCUT2D eigenvalue weighted by molar-refractivity contribution is 7.17. The zero-order valence-electron chi connectivity index (χ0n) is 11.3. The van der Waals surface area contributed by atoms with Crippen molar-refractivity contribution >= 4 is 27.2 Å². The van der Waals surface area contributed by atoms with Gasteiger partial charge in [-0.2, -0.15) is 0 Å². The Labute approximate surface area is 118 Å². The number of ketones is 1. The molecule has 1 aromatic carbocycles. The third-order valence-corrected chi connectivity index (χ3v) is 5.05. The zero-order chi connectivity index (χ0) is 13.2. The second-order valence-electron chi connectivity index (χ2n) is 5.44. The summed E-state index contributed by atoms with van der Waals surface area (Å²) in [6.07, 6.45) is 2.21. The molecule has 1 aliphatic heterocycles. The minimum Gasteiger partial charge on any atom is -0.300 e. The van der Waals surface area contributed by atoms with E-state index in [0.717, 1.165) is 32.5 Å². The summed E-state index contributed by atoms with van der Waals surface area (Å²) in [5.41, 5.74) is 1.41. The molecule has 0 bridgehead atoms. The fourth-order valence-corrected chi connectivity index (χ4v) is 3.88. The molecule has 1 saturated heterocycles. The van der Waals surface area contributed by atoms with Crippen molar-refractivity contribution in [2.24, 2.45) is 5.92 Å². The van der Waals surface area contributed by atoms with Gasteiger partial charge >= 0.3 is 0 Å². The van der Waals surface area contributed by atoms with Crippen LogP contribution in [0.3, 0.4) is 0 Å². The van der Waals surface area contributed by atoms with Crippen LogP contribution >= 0.6 is 11.3 Å². The molecule has 3 rings (SSSR count). The van der Waals surface area contributed by atoms with Gasteiger partial charge in [0.05, 0.1) is 0 Å². The Morgan fingerprint density at radius 2 is 2.26 bits per heavy atom. The van der Waals surface area contributed by atoms with Crippen molar-refractivity contribution in [3.8, 4) is 0 Å². The minimum atomic E-state index is 0.249. The molecule has 0 spiro atoms. The lowest BCUT2D eigenvalue weighted by Crippen LogP contribution is -2.37. The first-order chi connectivity index (χ1) is 9.24. The molecule has 1 aliphatic rings. The smallest absolute Gasteiger partial charge is 0.134 e. The fraction of sp³-hybridized carbons (Fsp3) is 0.438. The number of hydrogen-bond acceptors (Lipinski definition) is 3. The van der Waals surface area contributed by atoms with E-state index in [9.17, 15) is 4.79 Å². The van der Waals surface area contributed by atoms with Crippen molar-refractivity contribution in [2.75, 3.05) is 13.1 Å². The van der Waals surface area contributed by atoms with Crippen molar-refractivity contribution in [3.63, 3.8) is 0 Å². The van der Waals surface area contributed by atoms with Gasteiger partial charge in [0, 0.05) is 23.7 Å². The van der Waals surface area contributed by atoms with Crippen LogP contribution in [0.4, 0.5) is 0 Å². The largest absolute Gasteiger partial charge is 0.300 e. The lowest BCUT2D eigenvalue weighted by Gasteiger charge is -2.31. The van der Waals surface area contributed by atoms with E-state index >= 15 is 0 Å². The van der Waals surface area contributed by atoms with Crippen LogP contribution in [0.5, 0.6) is 0 Å². The van der Waals surface area contributed by atoms with Gasteiger partial charge in [0.25, 0.3) is 0 Å². The van der Waals surface area contributed by atoms with Gasteiger partial charge < -0.3 is 0 Å². The maximum Gasteiger partial charge on any atom is 0.134 e. The van der Waals surface area contributed by atoms with Gasteiger partial charge in [-0.05, 0) is 48.7 Å². The first-order valence-corrected chi connectivity index (χ1v) is 7.80. The topological polar surface area (TPSA) is 20.3 Å². The average molecular weight is 273 g/mol. The summed E-state index contributed by atoms with van der Waals surface area (Å²) in [6.45, 7) is 4.76. The number of carbonyl (C=O) groups is 1. The Bertz CT molecular complexity index is 589. The number of hydrogen-bond donors (Lipinski definition) is 0. The van der Waals surface area contributed by atoms with Gasteiger partial charge in [0.15, 0.2) is 0 Å². The molecule has 0 saturated carbocycles. The third kappa shape index (κ3) is 2.72. The van der Waals surface area contributed by atoms with Crippen LogP contribution in [0, 0.1) is 5.92 Å². The summed E-state index contributed by atoms with van der Waals surface area (Å²) in [5, 5.41) is 3.64. The summed E-state index contributed by atoms with van der Waals surface area (Å²) in [6, 6.07) is 8.58. The van der Waals surface area contributed by atoms with Gasteiger partial charge in [-0.15, -0.1) is 11.3 Å². The van der Waals surface area contributed by atoms with E-state index < -0.39 is 0 Å². The SMILES string of the molecule is CC(=O)C1CCCN(Cc2csc3ccccc23)C1. The lowest BCUT2D eigenvalue weighted by atomic mass is 9.94. The number of Topliss-reactive ketones (excluding diaryl/α,β-unsaturated/α-hetero) is 1. The van der Waals surface area contributed by atoms with Gasteiger partial charge in [-0.3, -0.25) is 9.69 Å². The molecule has 0 aliphatic carbocycles. The summed E-state index contributed by atoms with van der Waals surface area (Å²) >= 11 is 1.82. The van der Waals surface area contributed by atoms with E-state index in [-0.39, 0.29) is 5.92 Å². The Hall–Kier alpha value is -1.19. The highest BCUT2D eigenvalue weighted by atomic mass is 32.1. The summed E-state index contributed by atoms with van der Waals surface area (Å²) in [5.74, 6) is 0.596. The molecule has 0 N–H and O–H groups in total. The molecule has 1 atom stereocenters. The highest BCUT2D eigenvalue weighted by Gasteiger charge is 2.23. The first-order valence-electron chi connectivity index (χ1n) is 6.92. The maximum atomic E-state index is 11.5. The van der Waals surface area contributed by atoms with Crippen LogP contribution in [-0.4, -0.2) is 23.8 Å². The molecule has 100 valence electrons. The van der Waals surface area contributed by atoms with Crippen molar-refractivity contribution < 1.29 is 4.79 Å². The molecule has 2 nitrogen and oxygen atoms in total. The third-order valence-electron chi connectivity index (χ3n) is 4.04. The molecule has 1 unspecified atom stereocenters. The van der Waals surface area contributed by atoms with Crippen LogP contribution in [0.25, 0.3) is 10.1 Å². The number of thiophene rings is 1. The molecular weight excluding hydrogens is 254 g/mol. The van der Waals surface area contributed by atoms with Crippen molar-refractivity contribution in [3.05, 3.63) is 35.2 Å². The monoisotopic (exact) mass is 273 g/mol. The van der Waals surface area contributed by atoms with E-state index in [2.05, 4.69) is 34.5 Å². The first kappa shape index (κ1) is 12.8. The standard InChI is InChI=1S/C16H19NOS/c1-12(18)13-5-4-8-17(9-13)10-14-11-19-16-7-3-2-6-15(14)16/h2-3,6-7,11,13H,4-5,8-10H2,1H3. The predicted octanol–water partition coefficient (Wildman–Crippen LogP) is 3.70. The molecule has 19 heavy (non-hydrogen) atoms. The number of nitrogens with zero attached hydrogens (tertiary/aromatic N) is 1. The Morgan fingerprint density at radius 1 is 1.42 bits per heavy atom. The quantitative estimate of drug-likeness (QED) is 0.850. The van der Waals surface area contributed by atoms with E-state index in [1.54, 1.807) is 6.92 Å². The Kier molecular flexibility index (Phi) is 3.67. The van der Waals surface area contributed by atoms with Crippen LogP contribution in [0.2, 0.25) is 0 Å². The van der Waals surface area contributed by atoms with Crippen molar-refractivity contribution in [1.29, 1.82) is 0 Å². The van der Waals surface area contributed by atoms with Gasteiger partial charge in [0.2, 0.25) is 0 Å². The molecule has 3 heteroatoms. The maximum absolute atomic E-state index is 11.5. The molecule has 0 amide bonds. The number of fused-ring (bicyclic) bond motifs is 1. The van der Waals surface area contributed by atoms with Gasteiger partial charge in [-0.25, -0.2) is 0 Å². The zero-order valence-corrected chi connectivity index (χ0v) is 12.1. The van der Waals surface area contributed by atoms with Crippen LogP contribution in [0.15, 0.2) is 29.6 Å². The van der Waals surface area contributed by atoms with E-state index in [0.29, 0.717) is 5.78 Å². The van der Waals surface area contributed by atoms with E-state index in [4.69, 9.17) is 0 Å². The van der Waals surface area contributed by atoms with Crippen molar-refractivity contribution in [2.45, 2.75) is 26.3 Å². The van der Waals surface area contributed by atoms with Gasteiger partial charge in [0.1, 0.15) is 5.78 Å². The second-order valence-corrected chi connectivity index (χ2v) is 6.35. The van der Waals surface area contributed by atoms with Crippen LogP contribution < -0.4 is 0 Å². The fourth-order valence-electron chi connectivity index (χ4n) is 2.93. The Morgan fingerprint density at radius 3 is 3.11 bits per heavy atom. The van der Waals surface area contributed by atoms with Crippen LogP contribution in [-0.2, 0) is 11.3 Å². The van der Waals surface area contributed by atoms with E-state index in [1.165, 1.54) is 15.6 Å². The second kappa shape index (κ2) is 5.43. The number of rotatable bonds is 3. The molecule has 0 radical (unpaired) electrons. The normalized spacial score (nSPS) is 20.8. The summed E-state index contributed by atoms with van der Waals surface area (Å²) in [7, 11) is 0. The minimum absolute atomic E-state index is 0.249.